The fraction of sp³-hybridized carbons (Fsp3) is 0.227. The van der Waals surface area contributed by atoms with Crippen LogP contribution in [0.25, 0.3) is 10.8 Å². The van der Waals surface area contributed by atoms with Gasteiger partial charge >= 0.3 is 0 Å². The van der Waals surface area contributed by atoms with Crippen LogP contribution >= 0.6 is 11.8 Å². The molecule has 1 amide bonds. The molecule has 0 aliphatic heterocycles. The van der Waals surface area contributed by atoms with E-state index in [-0.39, 0.29) is 11.2 Å². The van der Waals surface area contributed by atoms with Crippen LogP contribution in [0.4, 0.5) is 5.69 Å². The first-order chi connectivity index (χ1) is 13.1. The summed E-state index contributed by atoms with van der Waals surface area (Å²) in [5, 5.41) is 5.18. The molecular weight excluding hydrogens is 358 g/mol. The third-order valence-electron chi connectivity index (χ3n) is 4.35. The molecule has 0 aliphatic carbocycles. The van der Waals surface area contributed by atoms with E-state index in [4.69, 9.17) is 9.47 Å². The predicted molar refractivity (Wildman–Crippen MR) is 113 cm³/mol. The van der Waals surface area contributed by atoms with Crippen LogP contribution in [0.5, 0.6) is 11.5 Å². The van der Waals surface area contributed by atoms with Crippen molar-refractivity contribution in [1.29, 1.82) is 0 Å². The number of rotatable bonds is 7. The second kappa shape index (κ2) is 8.82. The maximum atomic E-state index is 12.6. The molecule has 3 aromatic rings. The van der Waals surface area contributed by atoms with Crippen molar-refractivity contribution < 1.29 is 14.3 Å². The third-order valence-corrected chi connectivity index (χ3v) is 5.56. The maximum absolute atomic E-state index is 12.6. The molecule has 0 bridgehead atoms. The Labute approximate surface area is 163 Å². The zero-order valence-corrected chi connectivity index (χ0v) is 16.5. The quantitative estimate of drug-likeness (QED) is 0.617. The first-order valence-electron chi connectivity index (χ1n) is 8.73. The topological polar surface area (TPSA) is 47.6 Å². The number of fused-ring (bicyclic) bond motifs is 1. The summed E-state index contributed by atoms with van der Waals surface area (Å²) in [6.45, 7) is 1.91. The molecule has 0 spiro atoms. The molecule has 0 heterocycles. The van der Waals surface area contributed by atoms with Crippen LogP contribution in [0.3, 0.4) is 0 Å². The van der Waals surface area contributed by atoms with Crippen molar-refractivity contribution in [3.05, 3.63) is 66.2 Å². The lowest BCUT2D eigenvalue weighted by molar-refractivity contribution is -0.115. The van der Waals surface area contributed by atoms with Gasteiger partial charge in [0.05, 0.1) is 25.2 Å². The van der Waals surface area contributed by atoms with E-state index in [1.54, 1.807) is 44.2 Å². The van der Waals surface area contributed by atoms with Crippen molar-refractivity contribution >= 4 is 34.1 Å². The number of nitrogens with one attached hydrogen (secondary N) is 1. The molecular formula is C22H23NO3S. The lowest BCUT2D eigenvalue weighted by Gasteiger charge is -2.15. The van der Waals surface area contributed by atoms with Crippen molar-refractivity contribution in [3.63, 3.8) is 0 Å². The summed E-state index contributed by atoms with van der Waals surface area (Å²) in [5.74, 6) is 1.99. The lowest BCUT2D eigenvalue weighted by Crippen LogP contribution is -2.23. The van der Waals surface area contributed by atoms with Crippen LogP contribution in [-0.2, 0) is 10.5 Å². The van der Waals surface area contributed by atoms with E-state index in [0.717, 1.165) is 5.75 Å². The highest BCUT2D eigenvalue weighted by atomic mass is 32.2. The zero-order valence-electron chi connectivity index (χ0n) is 15.7. The summed E-state index contributed by atoms with van der Waals surface area (Å²) in [5.41, 5.74) is 1.82. The van der Waals surface area contributed by atoms with Gasteiger partial charge in [-0.05, 0) is 35.4 Å². The largest absolute Gasteiger partial charge is 0.497 e. The van der Waals surface area contributed by atoms with E-state index in [9.17, 15) is 4.79 Å². The highest BCUT2D eigenvalue weighted by molar-refractivity contribution is 7.99. The van der Waals surface area contributed by atoms with Crippen molar-refractivity contribution in [2.75, 3.05) is 19.5 Å². The molecule has 140 valence electrons. The van der Waals surface area contributed by atoms with Gasteiger partial charge in [0.25, 0.3) is 0 Å². The second-order valence-corrected chi connectivity index (χ2v) is 7.52. The van der Waals surface area contributed by atoms with Gasteiger partial charge in [0.2, 0.25) is 5.91 Å². The van der Waals surface area contributed by atoms with Gasteiger partial charge in [-0.1, -0.05) is 42.5 Å². The van der Waals surface area contributed by atoms with Gasteiger partial charge in [-0.2, -0.15) is 0 Å². The summed E-state index contributed by atoms with van der Waals surface area (Å²) in [6, 6.07) is 20.0. The van der Waals surface area contributed by atoms with E-state index >= 15 is 0 Å². The number of amides is 1. The first kappa shape index (κ1) is 19.1. The standard InChI is InChI=1S/C22H23NO3S/c1-15(22(24)23-20-13-19(25-2)10-11-21(20)26-3)27-14-16-8-9-17-6-4-5-7-18(17)12-16/h4-13,15H,14H2,1-3H3,(H,23,24). The number of hydrogen-bond donors (Lipinski definition) is 1. The van der Waals surface area contributed by atoms with E-state index in [1.165, 1.54) is 16.3 Å². The predicted octanol–water partition coefficient (Wildman–Crippen LogP) is 5.12. The molecule has 1 unspecified atom stereocenters. The molecule has 3 aromatic carbocycles. The first-order valence-corrected chi connectivity index (χ1v) is 9.77. The van der Waals surface area contributed by atoms with E-state index in [2.05, 4.69) is 35.6 Å². The van der Waals surface area contributed by atoms with Crippen LogP contribution in [-0.4, -0.2) is 25.4 Å². The van der Waals surface area contributed by atoms with Crippen LogP contribution in [0.15, 0.2) is 60.7 Å². The van der Waals surface area contributed by atoms with Crippen LogP contribution in [0, 0.1) is 0 Å². The maximum Gasteiger partial charge on any atom is 0.237 e. The van der Waals surface area contributed by atoms with Gasteiger partial charge in [0.1, 0.15) is 11.5 Å². The molecule has 27 heavy (non-hydrogen) atoms. The Morgan fingerprint density at radius 2 is 1.78 bits per heavy atom. The Kier molecular flexibility index (Phi) is 6.24. The van der Waals surface area contributed by atoms with Crippen molar-refractivity contribution in [3.8, 4) is 11.5 Å². The summed E-state index contributed by atoms with van der Waals surface area (Å²) in [4.78, 5) is 12.6. The fourth-order valence-electron chi connectivity index (χ4n) is 2.77. The monoisotopic (exact) mass is 381 g/mol. The molecule has 4 nitrogen and oxygen atoms in total. The number of thioether (sulfide) groups is 1. The Morgan fingerprint density at radius 1 is 1.00 bits per heavy atom. The van der Waals surface area contributed by atoms with E-state index in [1.807, 2.05) is 19.1 Å². The van der Waals surface area contributed by atoms with Crippen molar-refractivity contribution in [2.45, 2.75) is 17.9 Å². The molecule has 1 N–H and O–H groups in total. The zero-order chi connectivity index (χ0) is 19.2. The summed E-state index contributed by atoms with van der Waals surface area (Å²) in [6.07, 6.45) is 0. The van der Waals surface area contributed by atoms with Gasteiger partial charge in [-0.3, -0.25) is 4.79 Å². The van der Waals surface area contributed by atoms with Crippen LogP contribution < -0.4 is 14.8 Å². The summed E-state index contributed by atoms with van der Waals surface area (Å²) < 4.78 is 10.5. The SMILES string of the molecule is COc1ccc(OC)c(NC(=O)C(C)SCc2ccc3ccccc3c2)c1. The molecule has 0 saturated heterocycles. The summed E-state index contributed by atoms with van der Waals surface area (Å²) in [7, 11) is 3.17. The minimum absolute atomic E-state index is 0.0626. The minimum Gasteiger partial charge on any atom is -0.497 e. The van der Waals surface area contributed by atoms with Crippen LogP contribution in [0.2, 0.25) is 0 Å². The smallest absolute Gasteiger partial charge is 0.237 e. The molecule has 0 fully saturated rings. The molecule has 5 heteroatoms. The number of hydrogen-bond acceptors (Lipinski definition) is 4. The normalized spacial score (nSPS) is 11.8. The van der Waals surface area contributed by atoms with Crippen molar-refractivity contribution in [1.82, 2.24) is 0 Å². The number of anilines is 1. The minimum atomic E-state index is -0.202. The average molecular weight is 381 g/mol. The van der Waals surface area contributed by atoms with Gasteiger partial charge in [-0.25, -0.2) is 0 Å². The van der Waals surface area contributed by atoms with Gasteiger partial charge in [0.15, 0.2) is 0 Å². The molecule has 3 rings (SSSR count). The second-order valence-electron chi connectivity index (χ2n) is 6.19. The average Bonchev–Trinajstić information content (AvgIpc) is 2.71. The van der Waals surface area contributed by atoms with Crippen molar-refractivity contribution in [2.24, 2.45) is 0 Å². The van der Waals surface area contributed by atoms with E-state index < -0.39 is 0 Å². The number of ether oxygens (including phenoxy) is 2. The molecule has 0 aromatic heterocycles. The Balaban J connectivity index is 1.63. The third kappa shape index (κ3) is 4.74. The Bertz CT molecular complexity index is 942. The molecule has 0 aliphatic rings. The molecule has 1 atom stereocenters. The molecule has 0 radical (unpaired) electrons. The number of benzene rings is 3. The Morgan fingerprint density at radius 3 is 2.52 bits per heavy atom. The van der Waals surface area contributed by atoms with Gasteiger partial charge in [-0.15, -0.1) is 11.8 Å². The van der Waals surface area contributed by atoms with Crippen LogP contribution in [0.1, 0.15) is 12.5 Å². The van der Waals surface area contributed by atoms with E-state index in [0.29, 0.717) is 17.2 Å². The summed E-state index contributed by atoms with van der Waals surface area (Å²) >= 11 is 1.60. The number of methoxy groups -OCH3 is 2. The number of carbonyl (C=O) groups is 1. The fourth-order valence-corrected chi connectivity index (χ4v) is 3.60. The highest BCUT2D eigenvalue weighted by Gasteiger charge is 2.16. The lowest BCUT2D eigenvalue weighted by atomic mass is 10.1. The highest BCUT2D eigenvalue weighted by Crippen LogP contribution is 2.30. The van der Waals surface area contributed by atoms with Gasteiger partial charge in [0, 0.05) is 11.8 Å². The number of carbonyl (C=O) groups excluding carboxylic acids is 1. The molecule has 0 saturated carbocycles. The Hall–Kier alpha value is -2.66. The van der Waals surface area contributed by atoms with Gasteiger partial charge < -0.3 is 14.8 Å².